The summed E-state index contributed by atoms with van der Waals surface area (Å²) in [6, 6.07) is 11.2. The van der Waals surface area contributed by atoms with E-state index < -0.39 is 5.41 Å². The van der Waals surface area contributed by atoms with Crippen LogP contribution in [0.1, 0.15) is 78.2 Å². The Morgan fingerprint density at radius 3 is 2.23 bits per heavy atom. The molecule has 0 fully saturated rings. The van der Waals surface area contributed by atoms with Crippen LogP contribution >= 0.6 is 0 Å². The molecule has 0 saturated carbocycles. The molecule has 2 heterocycles. The quantitative estimate of drug-likeness (QED) is 0.174. The Morgan fingerprint density at radius 1 is 1.09 bits per heavy atom. The van der Waals surface area contributed by atoms with E-state index in [1.165, 1.54) is 6.08 Å². The first-order valence-corrected chi connectivity index (χ1v) is 11.6. The van der Waals surface area contributed by atoms with Crippen molar-refractivity contribution >= 4 is 16.8 Å². The van der Waals surface area contributed by atoms with Crippen molar-refractivity contribution in [1.29, 1.82) is 0 Å². The third kappa shape index (κ3) is 8.94. The number of aryl methyl sites for hydroxylation is 2. The first-order valence-electron chi connectivity index (χ1n) is 11.6. The molecule has 5 nitrogen and oxygen atoms in total. The molecule has 0 amide bonds. The van der Waals surface area contributed by atoms with Gasteiger partial charge in [-0.05, 0) is 12.1 Å². The third-order valence-corrected chi connectivity index (χ3v) is 5.09. The molecule has 0 atom stereocenters. The summed E-state index contributed by atoms with van der Waals surface area (Å²) in [7, 11) is 0. The van der Waals surface area contributed by atoms with Crippen LogP contribution in [0.25, 0.3) is 11.0 Å². The van der Waals surface area contributed by atoms with Crippen molar-refractivity contribution < 1.29 is 39.2 Å². The molecule has 2 aromatic heterocycles. The molecule has 3 aromatic rings. The standard InChI is InChI=1S/C18H18NO2.C11H20O2.Ir/c1-11(2)16-10-14-5-6-19-18(17(14)21-16)20-15-8-12(3)7-13(4)9-15;1-10(2,3)8(12)7-9(13)11(4,5)6;/h5-8,10-11H,1-4H3;7,12H,1-6H3;/q-1;;/b;8-7-;. The zero-order valence-corrected chi connectivity index (χ0v) is 24.9. The summed E-state index contributed by atoms with van der Waals surface area (Å²) >= 11 is 0. The van der Waals surface area contributed by atoms with Gasteiger partial charge in [0.05, 0.1) is 0 Å². The predicted molar refractivity (Wildman–Crippen MR) is 138 cm³/mol. The molecule has 0 spiro atoms. The Kier molecular flexibility index (Phi) is 10.5. The number of pyridine rings is 1. The van der Waals surface area contributed by atoms with Crippen LogP contribution in [0.3, 0.4) is 0 Å². The number of carbonyl (C=O) groups is 1. The normalized spacial score (nSPS) is 12.1. The van der Waals surface area contributed by atoms with Gasteiger partial charge in [0.15, 0.2) is 11.4 Å². The number of hydrogen-bond donors (Lipinski definition) is 1. The van der Waals surface area contributed by atoms with Crippen molar-refractivity contribution in [2.75, 3.05) is 0 Å². The van der Waals surface area contributed by atoms with Crippen molar-refractivity contribution in [3.05, 3.63) is 65.3 Å². The summed E-state index contributed by atoms with van der Waals surface area (Å²) in [6.45, 7) is 19.3. The Bertz CT molecular complexity index is 1160. The molecule has 35 heavy (non-hydrogen) atoms. The van der Waals surface area contributed by atoms with E-state index in [4.69, 9.17) is 9.15 Å². The van der Waals surface area contributed by atoms with Crippen LogP contribution in [0.15, 0.2) is 46.7 Å². The fraction of sp³-hybridized carbons (Fsp3) is 0.448. The fourth-order valence-corrected chi connectivity index (χ4v) is 2.89. The van der Waals surface area contributed by atoms with Crippen LogP contribution in [0.4, 0.5) is 0 Å². The minimum absolute atomic E-state index is 0. The van der Waals surface area contributed by atoms with Gasteiger partial charge in [-0.15, -0.1) is 12.1 Å². The van der Waals surface area contributed by atoms with Crippen LogP contribution in [0.5, 0.6) is 11.6 Å². The van der Waals surface area contributed by atoms with Crippen molar-refractivity contribution in [3.8, 4) is 11.6 Å². The Morgan fingerprint density at radius 2 is 1.71 bits per heavy atom. The number of allylic oxidation sites excluding steroid dienone is 2. The average molecular weight is 657 g/mol. The molecular formula is C29H38IrNO4-. The molecule has 1 aromatic carbocycles. The van der Waals surface area contributed by atoms with Gasteiger partial charge in [0, 0.05) is 60.3 Å². The van der Waals surface area contributed by atoms with E-state index in [0.29, 0.717) is 23.1 Å². The van der Waals surface area contributed by atoms with Gasteiger partial charge in [-0.25, -0.2) is 4.98 Å². The van der Waals surface area contributed by atoms with Crippen LogP contribution < -0.4 is 4.74 Å². The molecule has 0 bridgehead atoms. The molecule has 0 aliphatic carbocycles. The Labute approximate surface area is 223 Å². The Hall–Kier alpha value is -2.43. The van der Waals surface area contributed by atoms with Crippen LogP contribution in [-0.4, -0.2) is 15.9 Å². The zero-order chi connectivity index (χ0) is 25.8. The monoisotopic (exact) mass is 657 g/mol. The maximum Gasteiger partial charge on any atom is 0.261 e. The van der Waals surface area contributed by atoms with Gasteiger partial charge in [0.2, 0.25) is 0 Å². The maximum atomic E-state index is 11.5. The summed E-state index contributed by atoms with van der Waals surface area (Å²) in [5, 5.41) is 10.6. The Balaban J connectivity index is 0.000000383. The van der Waals surface area contributed by atoms with Crippen molar-refractivity contribution in [2.45, 2.75) is 75.2 Å². The summed E-state index contributed by atoms with van der Waals surface area (Å²) in [6.07, 6.45) is 3.07. The van der Waals surface area contributed by atoms with Gasteiger partial charge in [0.1, 0.15) is 11.5 Å². The van der Waals surface area contributed by atoms with E-state index in [1.807, 2.05) is 73.6 Å². The number of ether oxygens (including phenoxy) is 1. The second-order valence-electron chi connectivity index (χ2n) is 11.0. The number of nitrogens with zero attached hydrogens (tertiary/aromatic N) is 1. The summed E-state index contributed by atoms with van der Waals surface area (Å²) < 4.78 is 11.8. The number of aliphatic hydroxyl groups excluding tert-OH is 1. The van der Waals surface area contributed by atoms with E-state index >= 15 is 0 Å². The third-order valence-electron chi connectivity index (χ3n) is 5.09. The van der Waals surface area contributed by atoms with Gasteiger partial charge in [-0.1, -0.05) is 69.2 Å². The van der Waals surface area contributed by atoms with Crippen LogP contribution in [0, 0.1) is 30.7 Å². The van der Waals surface area contributed by atoms with Gasteiger partial charge >= 0.3 is 0 Å². The number of carbonyl (C=O) groups excluding carboxylic acids is 1. The molecule has 6 heteroatoms. The van der Waals surface area contributed by atoms with Crippen molar-refractivity contribution in [2.24, 2.45) is 10.8 Å². The van der Waals surface area contributed by atoms with Gasteiger partial charge in [0.25, 0.3) is 5.88 Å². The summed E-state index contributed by atoms with van der Waals surface area (Å²) in [4.78, 5) is 15.8. The molecule has 0 unspecified atom stereocenters. The smallest absolute Gasteiger partial charge is 0.261 e. The van der Waals surface area contributed by atoms with E-state index in [-0.39, 0.29) is 37.1 Å². The SMILES string of the molecule is CC(C)(C)C(=O)/C=C(\O)C(C)(C)C.Cc1[c-]c(Oc2nccc3cc(C(C)C)oc23)cc(C)c1.[Ir]. The summed E-state index contributed by atoms with van der Waals surface area (Å²) in [5.41, 5.74) is 2.10. The van der Waals surface area contributed by atoms with Gasteiger partial charge < -0.3 is 14.3 Å². The number of ketones is 1. The van der Waals surface area contributed by atoms with Crippen molar-refractivity contribution in [3.63, 3.8) is 0 Å². The van der Waals surface area contributed by atoms with E-state index in [2.05, 4.69) is 31.0 Å². The molecular weight excluding hydrogens is 619 g/mol. The zero-order valence-electron chi connectivity index (χ0n) is 22.5. The predicted octanol–water partition coefficient (Wildman–Crippen LogP) is 8.25. The largest absolute Gasteiger partial charge is 0.512 e. The molecule has 0 aliphatic rings. The minimum atomic E-state index is -0.417. The number of aromatic nitrogens is 1. The van der Waals surface area contributed by atoms with E-state index in [9.17, 15) is 9.90 Å². The fourth-order valence-electron chi connectivity index (χ4n) is 2.89. The second-order valence-corrected chi connectivity index (χ2v) is 11.0. The first kappa shape index (κ1) is 30.6. The van der Waals surface area contributed by atoms with E-state index in [0.717, 1.165) is 22.3 Å². The molecule has 193 valence electrons. The number of benzene rings is 1. The molecule has 0 aliphatic heterocycles. The second kappa shape index (κ2) is 12.0. The number of rotatable bonds is 4. The van der Waals surface area contributed by atoms with Gasteiger partial charge in [-0.3, -0.25) is 4.79 Å². The first-order chi connectivity index (χ1) is 15.6. The van der Waals surface area contributed by atoms with Crippen molar-refractivity contribution in [1.82, 2.24) is 4.98 Å². The minimum Gasteiger partial charge on any atom is -0.512 e. The molecule has 3 rings (SSSR count). The number of aliphatic hydroxyl groups is 1. The molecule has 1 N–H and O–H groups in total. The average Bonchev–Trinajstić information content (AvgIpc) is 3.12. The van der Waals surface area contributed by atoms with Crippen LogP contribution in [-0.2, 0) is 24.9 Å². The van der Waals surface area contributed by atoms with Gasteiger partial charge in [-0.2, -0.15) is 17.2 Å². The summed E-state index contributed by atoms with van der Waals surface area (Å²) in [5.74, 6) is 2.52. The van der Waals surface area contributed by atoms with Crippen LogP contribution in [0.2, 0.25) is 0 Å². The molecule has 0 saturated heterocycles. The number of furan rings is 1. The maximum absolute atomic E-state index is 11.5. The number of fused-ring (bicyclic) bond motifs is 1. The topological polar surface area (TPSA) is 72.6 Å². The molecule has 1 radical (unpaired) electrons. The van der Waals surface area contributed by atoms with E-state index in [1.54, 1.807) is 6.20 Å². The number of hydrogen-bond acceptors (Lipinski definition) is 5.